The molecule has 1 heterocycles. The molecule has 0 bridgehead atoms. The number of aliphatic hydroxyl groups is 1. The first-order valence-electron chi connectivity index (χ1n) is 5.74. The van der Waals surface area contributed by atoms with E-state index in [4.69, 9.17) is 5.11 Å². The van der Waals surface area contributed by atoms with Crippen LogP contribution in [0.4, 0.5) is 5.69 Å². The van der Waals surface area contributed by atoms with Crippen molar-refractivity contribution in [1.29, 1.82) is 0 Å². The molecule has 0 aliphatic carbocycles. The summed E-state index contributed by atoms with van der Waals surface area (Å²) in [5, 5.41) is 8.96. The Bertz CT molecular complexity index is 299. The summed E-state index contributed by atoms with van der Waals surface area (Å²) in [5.74, 6) is 0.873. The maximum Gasteiger partial charge on any atom is 0.0681 e. The molecule has 15 heavy (non-hydrogen) atoms. The van der Waals surface area contributed by atoms with Crippen molar-refractivity contribution in [2.24, 2.45) is 5.92 Å². The normalized spacial score (nSPS) is 18.1. The molecule has 0 unspecified atom stereocenters. The molecule has 0 aromatic heterocycles. The highest BCUT2D eigenvalue weighted by Gasteiger charge is 2.15. The van der Waals surface area contributed by atoms with Crippen molar-refractivity contribution >= 4 is 5.69 Å². The van der Waals surface area contributed by atoms with E-state index in [2.05, 4.69) is 24.0 Å². The maximum atomic E-state index is 8.96. The number of nitrogens with zero attached hydrogens (tertiary/aromatic N) is 1. The second-order valence-corrected chi connectivity index (χ2v) is 4.49. The lowest BCUT2D eigenvalue weighted by atomic mass is 9.99. The van der Waals surface area contributed by atoms with E-state index in [0.29, 0.717) is 0 Å². The molecule has 0 atom stereocenters. The van der Waals surface area contributed by atoms with Crippen LogP contribution in [0.25, 0.3) is 0 Å². The highest BCUT2D eigenvalue weighted by Crippen LogP contribution is 2.23. The highest BCUT2D eigenvalue weighted by molar-refractivity contribution is 5.47. The quantitative estimate of drug-likeness (QED) is 0.801. The van der Waals surface area contributed by atoms with Crippen LogP contribution in [0, 0.1) is 5.92 Å². The molecule has 1 N–H and O–H groups in total. The van der Waals surface area contributed by atoms with Gasteiger partial charge in [0.15, 0.2) is 0 Å². The smallest absolute Gasteiger partial charge is 0.0681 e. The molecule has 1 aliphatic heterocycles. The Morgan fingerprint density at radius 1 is 1.20 bits per heavy atom. The largest absolute Gasteiger partial charge is 0.392 e. The molecule has 1 aromatic carbocycles. The van der Waals surface area contributed by atoms with Crippen molar-refractivity contribution < 1.29 is 5.11 Å². The lowest BCUT2D eigenvalue weighted by molar-refractivity contribution is 0.282. The molecule has 0 saturated carbocycles. The molecule has 0 amide bonds. The fraction of sp³-hybridized carbons (Fsp3) is 0.538. The topological polar surface area (TPSA) is 23.5 Å². The van der Waals surface area contributed by atoms with Gasteiger partial charge in [-0.15, -0.1) is 0 Å². The predicted octanol–water partition coefficient (Wildman–Crippen LogP) is 2.42. The number of aliphatic hydroxyl groups excluding tert-OH is 1. The van der Waals surface area contributed by atoms with Gasteiger partial charge in [0.2, 0.25) is 0 Å². The van der Waals surface area contributed by atoms with E-state index in [9.17, 15) is 0 Å². The molecule has 0 spiro atoms. The Hall–Kier alpha value is -1.02. The van der Waals surface area contributed by atoms with Gasteiger partial charge in [-0.2, -0.15) is 0 Å². The van der Waals surface area contributed by atoms with Gasteiger partial charge in [0.1, 0.15) is 0 Å². The van der Waals surface area contributed by atoms with Gasteiger partial charge in [-0.05, 0) is 36.5 Å². The van der Waals surface area contributed by atoms with Gasteiger partial charge >= 0.3 is 0 Å². The number of piperidine rings is 1. The molecule has 1 fully saturated rings. The van der Waals surface area contributed by atoms with E-state index >= 15 is 0 Å². The lowest BCUT2D eigenvalue weighted by Gasteiger charge is -2.32. The van der Waals surface area contributed by atoms with Gasteiger partial charge in [-0.25, -0.2) is 0 Å². The van der Waals surface area contributed by atoms with Gasteiger partial charge in [-0.1, -0.05) is 19.1 Å². The zero-order valence-corrected chi connectivity index (χ0v) is 9.32. The van der Waals surface area contributed by atoms with Crippen molar-refractivity contribution in [3.8, 4) is 0 Å². The van der Waals surface area contributed by atoms with Crippen LogP contribution in [0.2, 0.25) is 0 Å². The standard InChI is InChI=1S/C13H19NO/c1-11-6-8-14(9-7-11)13-4-2-12(10-15)3-5-13/h2-5,11,15H,6-10H2,1H3. The molecule has 1 aromatic rings. The van der Waals surface area contributed by atoms with Gasteiger partial charge in [0, 0.05) is 18.8 Å². The van der Waals surface area contributed by atoms with Crippen LogP contribution in [0.3, 0.4) is 0 Å². The third-order valence-electron chi connectivity index (χ3n) is 3.27. The van der Waals surface area contributed by atoms with Gasteiger partial charge in [0.05, 0.1) is 6.61 Å². The molecule has 2 nitrogen and oxygen atoms in total. The second-order valence-electron chi connectivity index (χ2n) is 4.49. The maximum absolute atomic E-state index is 8.96. The minimum Gasteiger partial charge on any atom is -0.392 e. The first kappa shape index (κ1) is 10.5. The Balaban J connectivity index is 2.03. The van der Waals surface area contributed by atoms with Crippen LogP contribution in [0.15, 0.2) is 24.3 Å². The summed E-state index contributed by atoms with van der Waals surface area (Å²) in [7, 11) is 0. The zero-order chi connectivity index (χ0) is 10.7. The van der Waals surface area contributed by atoms with E-state index in [1.807, 2.05) is 12.1 Å². The Kier molecular flexibility index (Phi) is 3.27. The van der Waals surface area contributed by atoms with E-state index in [-0.39, 0.29) is 6.61 Å². The minimum atomic E-state index is 0.136. The molecule has 1 aliphatic rings. The average Bonchev–Trinajstić information content (AvgIpc) is 2.30. The van der Waals surface area contributed by atoms with Crippen LogP contribution in [-0.4, -0.2) is 18.2 Å². The van der Waals surface area contributed by atoms with Crippen LogP contribution in [0.5, 0.6) is 0 Å². The molecule has 82 valence electrons. The Labute approximate surface area is 91.5 Å². The van der Waals surface area contributed by atoms with Gasteiger partial charge in [-0.3, -0.25) is 0 Å². The predicted molar refractivity (Wildman–Crippen MR) is 63.0 cm³/mol. The van der Waals surface area contributed by atoms with E-state index in [1.54, 1.807) is 0 Å². The molecular weight excluding hydrogens is 186 g/mol. The summed E-state index contributed by atoms with van der Waals surface area (Å²) in [5.41, 5.74) is 2.28. The Morgan fingerprint density at radius 3 is 2.33 bits per heavy atom. The number of benzene rings is 1. The monoisotopic (exact) mass is 205 g/mol. The molecule has 1 saturated heterocycles. The summed E-state index contributed by atoms with van der Waals surface area (Å²) in [6, 6.07) is 8.24. The van der Waals surface area contributed by atoms with E-state index in [0.717, 1.165) is 11.5 Å². The van der Waals surface area contributed by atoms with Crippen molar-refractivity contribution in [3.63, 3.8) is 0 Å². The van der Waals surface area contributed by atoms with Crippen LogP contribution in [-0.2, 0) is 6.61 Å². The van der Waals surface area contributed by atoms with E-state index in [1.165, 1.54) is 31.6 Å². The fourth-order valence-corrected chi connectivity index (χ4v) is 2.08. The van der Waals surface area contributed by atoms with Crippen molar-refractivity contribution in [1.82, 2.24) is 0 Å². The van der Waals surface area contributed by atoms with Crippen molar-refractivity contribution in [2.45, 2.75) is 26.4 Å². The SMILES string of the molecule is CC1CCN(c2ccc(CO)cc2)CC1. The summed E-state index contributed by atoms with van der Waals surface area (Å²) >= 11 is 0. The summed E-state index contributed by atoms with van der Waals surface area (Å²) in [6.07, 6.45) is 2.59. The summed E-state index contributed by atoms with van der Waals surface area (Å²) < 4.78 is 0. The molecule has 2 heteroatoms. The van der Waals surface area contributed by atoms with Crippen LogP contribution >= 0.6 is 0 Å². The van der Waals surface area contributed by atoms with Gasteiger partial charge in [0.25, 0.3) is 0 Å². The molecular formula is C13H19NO. The summed E-state index contributed by atoms with van der Waals surface area (Å²) in [4.78, 5) is 2.43. The van der Waals surface area contributed by atoms with Crippen molar-refractivity contribution in [3.05, 3.63) is 29.8 Å². The van der Waals surface area contributed by atoms with Crippen LogP contribution in [0.1, 0.15) is 25.3 Å². The highest BCUT2D eigenvalue weighted by atomic mass is 16.3. The third kappa shape index (κ3) is 2.51. The Morgan fingerprint density at radius 2 is 1.80 bits per heavy atom. The number of hydrogen-bond donors (Lipinski definition) is 1. The fourth-order valence-electron chi connectivity index (χ4n) is 2.08. The number of anilines is 1. The van der Waals surface area contributed by atoms with E-state index < -0.39 is 0 Å². The first-order valence-corrected chi connectivity index (χ1v) is 5.74. The third-order valence-corrected chi connectivity index (χ3v) is 3.27. The molecule has 2 rings (SSSR count). The average molecular weight is 205 g/mol. The van der Waals surface area contributed by atoms with Gasteiger partial charge < -0.3 is 10.0 Å². The lowest BCUT2D eigenvalue weighted by Crippen LogP contribution is -2.32. The summed E-state index contributed by atoms with van der Waals surface area (Å²) in [6.45, 7) is 4.79. The number of hydrogen-bond acceptors (Lipinski definition) is 2. The number of rotatable bonds is 2. The first-order chi connectivity index (χ1) is 7.29. The zero-order valence-electron chi connectivity index (χ0n) is 9.32. The second kappa shape index (κ2) is 4.67. The van der Waals surface area contributed by atoms with Crippen LogP contribution < -0.4 is 4.90 Å². The minimum absolute atomic E-state index is 0.136. The van der Waals surface area contributed by atoms with Crippen molar-refractivity contribution in [2.75, 3.05) is 18.0 Å². The molecule has 0 radical (unpaired) electrons.